The van der Waals surface area contributed by atoms with Gasteiger partial charge in [-0.2, -0.15) is 0 Å². The van der Waals surface area contributed by atoms with Crippen molar-refractivity contribution in [2.75, 3.05) is 6.54 Å². The Morgan fingerprint density at radius 1 is 1.10 bits per heavy atom. The van der Waals surface area contributed by atoms with E-state index in [0.29, 0.717) is 19.0 Å². The minimum atomic E-state index is -0.849. The van der Waals surface area contributed by atoms with Crippen molar-refractivity contribution in [3.8, 4) is 0 Å². The molecule has 0 aromatic heterocycles. The average molecular weight is 287 g/mol. The van der Waals surface area contributed by atoms with Crippen LogP contribution in [0.2, 0.25) is 0 Å². The van der Waals surface area contributed by atoms with Gasteiger partial charge in [-0.05, 0) is 11.6 Å². The smallest absolute Gasteiger partial charge is 0.192 e. The number of rotatable bonds is 3. The van der Waals surface area contributed by atoms with Crippen LogP contribution >= 0.6 is 0 Å². The molecule has 3 nitrogen and oxygen atoms in total. The molecule has 2 N–H and O–H groups in total. The molecule has 0 radical (unpaired) electrons. The van der Waals surface area contributed by atoms with Gasteiger partial charge in [0.15, 0.2) is 17.6 Å². The molecule has 0 saturated heterocycles. The van der Waals surface area contributed by atoms with Crippen LogP contribution in [0.25, 0.3) is 0 Å². The van der Waals surface area contributed by atoms with Gasteiger partial charge in [0, 0.05) is 12.1 Å². The van der Waals surface area contributed by atoms with Gasteiger partial charge in [0.25, 0.3) is 0 Å². The maximum Gasteiger partial charge on any atom is 0.192 e. The van der Waals surface area contributed by atoms with E-state index in [1.54, 1.807) is 11.0 Å². The van der Waals surface area contributed by atoms with Gasteiger partial charge in [0.05, 0.1) is 12.6 Å². The molecule has 0 fully saturated rings. The Bertz CT molecular complexity index is 670. The number of hydrogen-bond donors (Lipinski definition) is 1. The number of aliphatic imine (C=N–C) groups is 1. The largest absolute Gasteiger partial charge is 0.370 e. The second kappa shape index (κ2) is 5.52. The fourth-order valence-electron chi connectivity index (χ4n) is 2.54. The van der Waals surface area contributed by atoms with Crippen LogP contribution in [0.1, 0.15) is 17.2 Å². The average Bonchev–Trinajstić information content (AvgIpc) is 2.84. The Kier molecular flexibility index (Phi) is 3.56. The molecular weight excluding hydrogens is 272 g/mol. The summed E-state index contributed by atoms with van der Waals surface area (Å²) in [6, 6.07) is 13.5. The lowest BCUT2D eigenvalue weighted by Gasteiger charge is -2.27. The molecule has 5 heteroatoms. The van der Waals surface area contributed by atoms with Crippen LogP contribution < -0.4 is 5.73 Å². The van der Waals surface area contributed by atoms with Crippen LogP contribution in [-0.4, -0.2) is 17.4 Å². The summed E-state index contributed by atoms with van der Waals surface area (Å²) in [5.74, 6) is -1.32. The summed E-state index contributed by atoms with van der Waals surface area (Å²) in [5, 5.41) is 0. The third kappa shape index (κ3) is 2.59. The second-order valence-electron chi connectivity index (χ2n) is 4.97. The molecule has 0 amide bonds. The van der Waals surface area contributed by atoms with E-state index in [9.17, 15) is 8.78 Å². The molecule has 1 atom stereocenters. The highest BCUT2D eigenvalue weighted by Gasteiger charge is 2.30. The Morgan fingerprint density at radius 3 is 2.62 bits per heavy atom. The molecule has 0 spiro atoms. The van der Waals surface area contributed by atoms with Crippen LogP contribution in [0, 0.1) is 11.6 Å². The van der Waals surface area contributed by atoms with E-state index < -0.39 is 11.6 Å². The second-order valence-corrected chi connectivity index (χ2v) is 4.97. The highest BCUT2D eigenvalue weighted by Crippen LogP contribution is 2.29. The van der Waals surface area contributed by atoms with Crippen LogP contribution in [0.15, 0.2) is 53.5 Å². The summed E-state index contributed by atoms with van der Waals surface area (Å²) >= 11 is 0. The van der Waals surface area contributed by atoms with Gasteiger partial charge in [-0.1, -0.05) is 42.5 Å². The number of benzene rings is 2. The third-order valence-electron chi connectivity index (χ3n) is 3.63. The number of nitrogens with zero attached hydrogens (tertiary/aromatic N) is 2. The zero-order valence-electron chi connectivity index (χ0n) is 11.3. The lowest BCUT2D eigenvalue weighted by molar-refractivity contribution is 0.327. The molecule has 0 aliphatic carbocycles. The fourth-order valence-corrected chi connectivity index (χ4v) is 2.54. The van der Waals surface area contributed by atoms with Crippen molar-refractivity contribution < 1.29 is 8.78 Å². The van der Waals surface area contributed by atoms with Crippen molar-refractivity contribution in [1.82, 2.24) is 4.90 Å². The maximum atomic E-state index is 14.0. The van der Waals surface area contributed by atoms with Crippen LogP contribution in [0.5, 0.6) is 0 Å². The fraction of sp³-hybridized carbons (Fsp3) is 0.188. The summed E-state index contributed by atoms with van der Waals surface area (Å²) < 4.78 is 27.4. The molecule has 21 heavy (non-hydrogen) atoms. The molecule has 1 aliphatic rings. The van der Waals surface area contributed by atoms with Crippen molar-refractivity contribution in [3.63, 3.8) is 0 Å². The number of nitrogens with two attached hydrogens (primary N) is 1. The standard InChI is InChI=1S/C16H15F2N3/c17-13-8-4-7-12(15(13)18)14-9-20-16(19)21(14)10-11-5-2-1-3-6-11/h1-8,14H,9-10H2,(H2,19,20). The monoisotopic (exact) mass is 287 g/mol. The Hall–Kier alpha value is -2.43. The zero-order chi connectivity index (χ0) is 14.8. The van der Waals surface area contributed by atoms with Crippen molar-refractivity contribution in [3.05, 3.63) is 71.3 Å². The SMILES string of the molecule is NC1=NCC(c2cccc(F)c2F)N1Cc1ccccc1. The van der Waals surface area contributed by atoms with Gasteiger partial charge in [-0.3, -0.25) is 4.99 Å². The van der Waals surface area contributed by atoms with E-state index in [2.05, 4.69) is 4.99 Å². The first-order valence-corrected chi connectivity index (χ1v) is 6.71. The zero-order valence-corrected chi connectivity index (χ0v) is 11.3. The molecule has 0 saturated carbocycles. The van der Waals surface area contributed by atoms with Crippen LogP contribution in [0.3, 0.4) is 0 Å². The highest BCUT2D eigenvalue weighted by molar-refractivity contribution is 5.80. The molecule has 3 rings (SSSR count). The summed E-state index contributed by atoms with van der Waals surface area (Å²) in [7, 11) is 0. The molecule has 2 aromatic carbocycles. The first kappa shape index (κ1) is 13.5. The Morgan fingerprint density at radius 2 is 1.86 bits per heavy atom. The minimum Gasteiger partial charge on any atom is -0.370 e. The Balaban J connectivity index is 1.90. The summed E-state index contributed by atoms with van der Waals surface area (Å²) in [4.78, 5) is 5.97. The lowest BCUT2D eigenvalue weighted by atomic mass is 10.0. The van der Waals surface area contributed by atoms with E-state index >= 15 is 0 Å². The van der Waals surface area contributed by atoms with E-state index in [1.807, 2.05) is 30.3 Å². The predicted molar refractivity (Wildman–Crippen MR) is 77.6 cm³/mol. The van der Waals surface area contributed by atoms with Gasteiger partial charge >= 0.3 is 0 Å². The van der Waals surface area contributed by atoms with Crippen molar-refractivity contribution in [2.45, 2.75) is 12.6 Å². The van der Waals surface area contributed by atoms with Gasteiger partial charge < -0.3 is 10.6 Å². The van der Waals surface area contributed by atoms with Crippen LogP contribution in [0.4, 0.5) is 8.78 Å². The normalized spacial score (nSPS) is 17.9. The topological polar surface area (TPSA) is 41.6 Å². The van der Waals surface area contributed by atoms with Gasteiger partial charge in [0.1, 0.15) is 0 Å². The van der Waals surface area contributed by atoms with Gasteiger partial charge in [0.2, 0.25) is 0 Å². The summed E-state index contributed by atoms with van der Waals surface area (Å²) in [6.07, 6.45) is 0. The van der Waals surface area contributed by atoms with E-state index in [1.165, 1.54) is 6.07 Å². The van der Waals surface area contributed by atoms with Crippen molar-refractivity contribution >= 4 is 5.96 Å². The molecule has 1 unspecified atom stereocenters. The first-order chi connectivity index (χ1) is 10.2. The van der Waals surface area contributed by atoms with E-state index in [-0.39, 0.29) is 11.6 Å². The van der Waals surface area contributed by atoms with Crippen molar-refractivity contribution in [1.29, 1.82) is 0 Å². The van der Waals surface area contributed by atoms with Crippen LogP contribution in [-0.2, 0) is 6.54 Å². The highest BCUT2D eigenvalue weighted by atomic mass is 19.2. The summed E-state index contributed by atoms with van der Waals surface area (Å²) in [6.45, 7) is 0.843. The first-order valence-electron chi connectivity index (χ1n) is 6.71. The van der Waals surface area contributed by atoms with Crippen molar-refractivity contribution in [2.24, 2.45) is 10.7 Å². The van der Waals surface area contributed by atoms with E-state index in [4.69, 9.17) is 5.73 Å². The molecule has 0 bridgehead atoms. The van der Waals surface area contributed by atoms with Gasteiger partial charge in [-0.25, -0.2) is 8.78 Å². The third-order valence-corrected chi connectivity index (χ3v) is 3.63. The number of halogens is 2. The number of hydrogen-bond acceptors (Lipinski definition) is 3. The Labute approximate surface area is 121 Å². The molecule has 108 valence electrons. The minimum absolute atomic E-state index is 0.287. The number of guanidine groups is 1. The quantitative estimate of drug-likeness (QED) is 0.943. The summed E-state index contributed by atoms with van der Waals surface area (Å²) in [5.41, 5.74) is 7.23. The lowest BCUT2D eigenvalue weighted by Crippen LogP contribution is -2.36. The maximum absolute atomic E-state index is 14.0. The van der Waals surface area contributed by atoms with Gasteiger partial charge in [-0.15, -0.1) is 0 Å². The molecule has 2 aromatic rings. The van der Waals surface area contributed by atoms with E-state index in [0.717, 1.165) is 11.6 Å². The molecule has 1 heterocycles. The molecular formula is C16H15F2N3. The molecule has 1 aliphatic heterocycles. The predicted octanol–water partition coefficient (Wildman–Crippen LogP) is 2.84.